The summed E-state index contributed by atoms with van der Waals surface area (Å²) in [7, 11) is 6.49. The number of ether oxygens (including phenoxy) is 3. The van der Waals surface area contributed by atoms with Crippen LogP contribution in [0.1, 0.15) is 10.4 Å². The molecule has 1 heterocycles. The number of hydrogen-bond acceptors (Lipinski definition) is 5. The van der Waals surface area contributed by atoms with Gasteiger partial charge in [0.05, 0.1) is 37.9 Å². The number of methoxy groups -OCH3 is 3. The van der Waals surface area contributed by atoms with Crippen molar-refractivity contribution in [3.05, 3.63) is 42.0 Å². The van der Waals surface area contributed by atoms with Crippen molar-refractivity contribution < 1.29 is 19.0 Å². The van der Waals surface area contributed by atoms with E-state index in [0.29, 0.717) is 34.1 Å². The van der Waals surface area contributed by atoms with Crippen molar-refractivity contribution in [1.82, 2.24) is 9.78 Å². The lowest BCUT2D eigenvalue weighted by Gasteiger charge is -2.11. The minimum atomic E-state index is -0.266. The van der Waals surface area contributed by atoms with Gasteiger partial charge in [0.2, 0.25) is 5.88 Å². The Morgan fingerprint density at radius 1 is 1.04 bits per heavy atom. The van der Waals surface area contributed by atoms with Crippen LogP contribution in [0.2, 0.25) is 0 Å². The fraction of sp³-hybridized carbons (Fsp3) is 0.222. The van der Waals surface area contributed by atoms with E-state index >= 15 is 0 Å². The van der Waals surface area contributed by atoms with E-state index in [2.05, 4.69) is 10.4 Å². The summed E-state index contributed by atoms with van der Waals surface area (Å²) in [6.07, 6.45) is 0. The van der Waals surface area contributed by atoms with Gasteiger partial charge in [0, 0.05) is 18.7 Å². The molecule has 0 unspecified atom stereocenters. The molecule has 7 heteroatoms. The molecule has 0 bridgehead atoms. The smallest absolute Gasteiger partial charge is 0.255 e. The summed E-state index contributed by atoms with van der Waals surface area (Å²) < 4.78 is 17.4. The molecule has 0 radical (unpaired) electrons. The Hall–Kier alpha value is -3.22. The third kappa shape index (κ3) is 3.08. The Bertz CT molecular complexity index is 933. The highest BCUT2D eigenvalue weighted by Crippen LogP contribution is 2.30. The highest BCUT2D eigenvalue weighted by Gasteiger charge is 2.15. The molecule has 3 rings (SSSR count). The summed E-state index contributed by atoms with van der Waals surface area (Å²) in [5.41, 5.74) is 1.70. The van der Waals surface area contributed by atoms with Gasteiger partial charge < -0.3 is 19.5 Å². The third-order valence-corrected chi connectivity index (χ3v) is 3.89. The minimum absolute atomic E-state index is 0.266. The minimum Gasteiger partial charge on any atom is -0.497 e. The molecule has 25 heavy (non-hydrogen) atoms. The van der Waals surface area contributed by atoms with E-state index in [9.17, 15) is 4.79 Å². The molecular formula is C18H19N3O4. The van der Waals surface area contributed by atoms with E-state index in [0.717, 1.165) is 5.39 Å². The monoisotopic (exact) mass is 341 g/mol. The Morgan fingerprint density at radius 2 is 1.84 bits per heavy atom. The Balaban J connectivity index is 1.92. The van der Waals surface area contributed by atoms with E-state index in [1.807, 2.05) is 6.07 Å². The normalized spacial score (nSPS) is 10.6. The number of carbonyl (C=O) groups excluding carboxylic acids is 1. The molecule has 1 N–H and O–H groups in total. The van der Waals surface area contributed by atoms with Crippen molar-refractivity contribution in [1.29, 1.82) is 0 Å². The quantitative estimate of drug-likeness (QED) is 0.772. The van der Waals surface area contributed by atoms with Crippen LogP contribution in [-0.4, -0.2) is 37.0 Å². The van der Waals surface area contributed by atoms with Crippen LogP contribution in [0.5, 0.6) is 17.4 Å². The summed E-state index contributed by atoms with van der Waals surface area (Å²) in [5, 5.41) is 8.05. The maximum absolute atomic E-state index is 12.6. The third-order valence-electron chi connectivity index (χ3n) is 3.89. The molecule has 0 aliphatic heterocycles. The van der Waals surface area contributed by atoms with Crippen LogP contribution < -0.4 is 19.5 Å². The Kier molecular flexibility index (Phi) is 4.47. The first-order valence-electron chi connectivity index (χ1n) is 7.61. The molecule has 3 aromatic rings. The Labute approximate surface area is 145 Å². The highest BCUT2D eigenvalue weighted by atomic mass is 16.5. The summed E-state index contributed by atoms with van der Waals surface area (Å²) >= 11 is 0. The molecule has 0 saturated heterocycles. The predicted octanol–water partition coefficient (Wildman–Crippen LogP) is 2.85. The van der Waals surface area contributed by atoms with Crippen molar-refractivity contribution in [2.45, 2.75) is 0 Å². The molecule has 130 valence electrons. The molecular weight excluding hydrogens is 322 g/mol. The number of aryl methyl sites for hydroxylation is 1. The number of anilines is 1. The highest BCUT2D eigenvalue weighted by molar-refractivity contribution is 6.07. The van der Waals surface area contributed by atoms with E-state index in [1.54, 1.807) is 63.4 Å². The van der Waals surface area contributed by atoms with E-state index < -0.39 is 0 Å². The second-order valence-corrected chi connectivity index (χ2v) is 5.39. The van der Waals surface area contributed by atoms with Crippen molar-refractivity contribution in [3.63, 3.8) is 0 Å². The van der Waals surface area contributed by atoms with Crippen molar-refractivity contribution >= 4 is 22.5 Å². The average molecular weight is 341 g/mol. The predicted molar refractivity (Wildman–Crippen MR) is 94.8 cm³/mol. The van der Waals surface area contributed by atoms with Gasteiger partial charge in [0.25, 0.3) is 5.91 Å². The fourth-order valence-electron chi connectivity index (χ4n) is 2.67. The summed E-state index contributed by atoms with van der Waals surface area (Å²) in [5.74, 6) is 1.56. The zero-order valence-corrected chi connectivity index (χ0v) is 14.5. The molecule has 0 atom stereocenters. The Morgan fingerprint density at radius 3 is 2.52 bits per heavy atom. The van der Waals surface area contributed by atoms with Gasteiger partial charge in [-0.05, 0) is 30.3 Å². The number of fused-ring (bicyclic) bond motifs is 1. The van der Waals surface area contributed by atoms with Gasteiger partial charge in [-0.15, -0.1) is 0 Å². The standard InChI is InChI=1S/C18H19N3O4/c1-21-18(25-4)13-7-5-11(9-14(13)20-21)17(22)19-15-10-12(23-2)6-8-16(15)24-3/h5-10H,1-4H3,(H,19,22). The number of nitrogens with zero attached hydrogens (tertiary/aromatic N) is 2. The van der Waals surface area contributed by atoms with Crippen LogP contribution in [0.25, 0.3) is 10.9 Å². The van der Waals surface area contributed by atoms with Crippen LogP contribution in [0.4, 0.5) is 5.69 Å². The van der Waals surface area contributed by atoms with Crippen LogP contribution in [0.15, 0.2) is 36.4 Å². The first-order chi connectivity index (χ1) is 12.1. The molecule has 0 fully saturated rings. The number of benzene rings is 2. The summed E-state index contributed by atoms with van der Waals surface area (Å²) in [6, 6.07) is 10.5. The molecule has 0 aliphatic carbocycles. The van der Waals surface area contributed by atoms with Crippen molar-refractivity contribution in [2.24, 2.45) is 7.05 Å². The summed E-state index contributed by atoms with van der Waals surface area (Å²) in [4.78, 5) is 12.6. The van der Waals surface area contributed by atoms with Gasteiger partial charge in [-0.3, -0.25) is 4.79 Å². The maximum Gasteiger partial charge on any atom is 0.255 e. The van der Waals surface area contributed by atoms with Gasteiger partial charge in [0.15, 0.2) is 0 Å². The number of hydrogen-bond donors (Lipinski definition) is 1. The van der Waals surface area contributed by atoms with Crippen LogP contribution in [0.3, 0.4) is 0 Å². The van der Waals surface area contributed by atoms with Crippen LogP contribution in [0, 0.1) is 0 Å². The molecule has 1 aromatic heterocycles. The second kappa shape index (κ2) is 6.72. The molecule has 0 aliphatic rings. The number of rotatable bonds is 5. The topological polar surface area (TPSA) is 74.6 Å². The van der Waals surface area contributed by atoms with Crippen molar-refractivity contribution in [3.8, 4) is 17.4 Å². The first kappa shape index (κ1) is 16.6. The molecule has 7 nitrogen and oxygen atoms in total. The summed E-state index contributed by atoms with van der Waals surface area (Å²) in [6.45, 7) is 0. The lowest BCUT2D eigenvalue weighted by Crippen LogP contribution is -2.12. The van der Waals surface area contributed by atoms with Gasteiger partial charge in [-0.1, -0.05) is 0 Å². The number of carbonyl (C=O) groups is 1. The van der Waals surface area contributed by atoms with Gasteiger partial charge in [-0.25, -0.2) is 4.68 Å². The van der Waals surface area contributed by atoms with Gasteiger partial charge in [-0.2, -0.15) is 5.10 Å². The van der Waals surface area contributed by atoms with E-state index in [-0.39, 0.29) is 5.91 Å². The van der Waals surface area contributed by atoms with E-state index in [1.165, 1.54) is 0 Å². The SMILES string of the molecule is COc1ccc(OC)c(NC(=O)c2ccc3c(OC)n(C)nc3c2)c1. The number of aromatic nitrogens is 2. The van der Waals surface area contributed by atoms with Crippen LogP contribution >= 0.6 is 0 Å². The second-order valence-electron chi connectivity index (χ2n) is 5.39. The fourth-order valence-corrected chi connectivity index (χ4v) is 2.67. The molecule has 1 amide bonds. The largest absolute Gasteiger partial charge is 0.497 e. The van der Waals surface area contributed by atoms with Crippen molar-refractivity contribution in [2.75, 3.05) is 26.6 Å². The molecule has 0 spiro atoms. The average Bonchev–Trinajstić information content (AvgIpc) is 2.95. The maximum atomic E-state index is 12.6. The zero-order chi connectivity index (χ0) is 18.0. The number of nitrogens with one attached hydrogen (secondary N) is 1. The molecule has 0 saturated carbocycles. The van der Waals surface area contributed by atoms with Crippen LogP contribution in [-0.2, 0) is 7.05 Å². The first-order valence-corrected chi connectivity index (χ1v) is 7.61. The van der Waals surface area contributed by atoms with Gasteiger partial charge >= 0.3 is 0 Å². The lowest BCUT2D eigenvalue weighted by atomic mass is 10.1. The van der Waals surface area contributed by atoms with Gasteiger partial charge in [0.1, 0.15) is 11.5 Å². The molecule has 2 aromatic carbocycles. The lowest BCUT2D eigenvalue weighted by molar-refractivity contribution is 0.102. The zero-order valence-electron chi connectivity index (χ0n) is 14.5. The van der Waals surface area contributed by atoms with E-state index in [4.69, 9.17) is 14.2 Å². The number of amides is 1.